The van der Waals surface area contributed by atoms with Gasteiger partial charge in [0.1, 0.15) is 5.75 Å². The Morgan fingerprint density at radius 1 is 1.07 bits per heavy atom. The topological polar surface area (TPSA) is 110 Å². The summed E-state index contributed by atoms with van der Waals surface area (Å²) in [7, 11) is -3.83. The average Bonchev–Trinajstić information content (AvgIpc) is 2.62. The van der Waals surface area contributed by atoms with Crippen LogP contribution in [0.2, 0.25) is 0 Å². The zero-order chi connectivity index (χ0) is 20.0. The Morgan fingerprint density at radius 2 is 1.74 bits per heavy atom. The number of nitrogens with one attached hydrogen (secondary N) is 1. The van der Waals surface area contributed by atoms with E-state index in [1.54, 1.807) is 25.1 Å². The lowest BCUT2D eigenvalue weighted by Gasteiger charge is -2.12. The Hall–Kier alpha value is -2.87. The number of carbonyl (C=O) groups excluding carboxylic acids is 1. The molecule has 0 atom stereocenters. The number of hydrogen-bond acceptors (Lipinski definition) is 5. The largest absolute Gasteiger partial charge is 0.494 e. The van der Waals surface area contributed by atoms with Crippen LogP contribution in [-0.2, 0) is 14.8 Å². The lowest BCUT2D eigenvalue weighted by Crippen LogP contribution is -2.14. The number of aliphatic carboxylic acids is 1. The van der Waals surface area contributed by atoms with Gasteiger partial charge in [-0.3, -0.25) is 14.3 Å². The highest BCUT2D eigenvalue weighted by atomic mass is 32.2. The third kappa shape index (κ3) is 5.55. The molecule has 2 aromatic rings. The van der Waals surface area contributed by atoms with E-state index in [1.165, 1.54) is 24.3 Å². The number of rotatable bonds is 9. The first-order valence-electron chi connectivity index (χ1n) is 8.34. The smallest absolute Gasteiger partial charge is 0.303 e. The predicted molar refractivity (Wildman–Crippen MR) is 101 cm³/mol. The van der Waals surface area contributed by atoms with Gasteiger partial charge >= 0.3 is 5.97 Å². The molecular formula is C19H21NO6S. The lowest BCUT2D eigenvalue weighted by atomic mass is 10.1. The van der Waals surface area contributed by atoms with Crippen molar-refractivity contribution >= 4 is 27.5 Å². The van der Waals surface area contributed by atoms with Crippen molar-refractivity contribution in [2.24, 2.45) is 0 Å². The molecule has 0 aliphatic carbocycles. The number of carboxylic acid groups (broad SMARTS) is 1. The fourth-order valence-corrected chi connectivity index (χ4v) is 3.53. The van der Waals surface area contributed by atoms with Gasteiger partial charge in [-0.15, -0.1) is 0 Å². The number of benzene rings is 2. The van der Waals surface area contributed by atoms with Gasteiger partial charge in [-0.2, -0.15) is 0 Å². The molecule has 0 fully saturated rings. The summed E-state index contributed by atoms with van der Waals surface area (Å²) in [5, 5.41) is 8.62. The van der Waals surface area contributed by atoms with Crippen molar-refractivity contribution in [3.8, 4) is 5.75 Å². The Kier molecular flexibility index (Phi) is 6.57. The zero-order valence-corrected chi connectivity index (χ0v) is 15.9. The normalized spacial score (nSPS) is 11.0. The maximum atomic E-state index is 12.6. The fourth-order valence-electron chi connectivity index (χ4n) is 2.40. The van der Waals surface area contributed by atoms with Crippen LogP contribution in [0.5, 0.6) is 5.75 Å². The fraction of sp³-hybridized carbons (Fsp3) is 0.263. The van der Waals surface area contributed by atoms with Gasteiger partial charge in [-0.05, 0) is 49.7 Å². The first kappa shape index (κ1) is 20.4. The number of ketones is 1. The molecule has 0 heterocycles. The van der Waals surface area contributed by atoms with Gasteiger partial charge in [0, 0.05) is 12.0 Å². The van der Waals surface area contributed by atoms with Crippen LogP contribution in [0.15, 0.2) is 47.4 Å². The molecule has 0 bridgehead atoms. The Morgan fingerprint density at radius 3 is 2.30 bits per heavy atom. The minimum Gasteiger partial charge on any atom is -0.494 e. The maximum absolute atomic E-state index is 12.6. The molecule has 0 unspecified atom stereocenters. The summed E-state index contributed by atoms with van der Waals surface area (Å²) in [5.41, 5.74) is 1.41. The molecule has 0 aliphatic rings. The molecule has 0 aliphatic heterocycles. The molecule has 0 radical (unpaired) electrons. The summed E-state index contributed by atoms with van der Waals surface area (Å²) in [6.07, 6.45) is -0.400. The van der Waals surface area contributed by atoms with Crippen molar-refractivity contribution < 1.29 is 27.9 Å². The van der Waals surface area contributed by atoms with Crippen LogP contribution in [0.1, 0.15) is 35.7 Å². The number of carboxylic acids is 1. The Bertz CT molecular complexity index is 935. The van der Waals surface area contributed by atoms with E-state index in [0.29, 0.717) is 23.6 Å². The first-order valence-corrected chi connectivity index (χ1v) is 9.82. The van der Waals surface area contributed by atoms with Crippen LogP contribution in [0, 0.1) is 6.92 Å². The van der Waals surface area contributed by atoms with Crippen LogP contribution in [-0.4, -0.2) is 31.9 Å². The van der Waals surface area contributed by atoms with Crippen molar-refractivity contribution in [1.82, 2.24) is 0 Å². The SMILES string of the molecule is CCOc1ccc(NS(=O)(=O)c2ccc(C(=O)CCC(=O)O)cc2)c(C)c1. The van der Waals surface area contributed by atoms with Gasteiger partial charge in [0.2, 0.25) is 0 Å². The summed E-state index contributed by atoms with van der Waals surface area (Å²) >= 11 is 0. The highest BCUT2D eigenvalue weighted by Crippen LogP contribution is 2.24. The maximum Gasteiger partial charge on any atom is 0.303 e. The van der Waals surface area contributed by atoms with E-state index < -0.39 is 16.0 Å². The zero-order valence-electron chi connectivity index (χ0n) is 15.1. The monoisotopic (exact) mass is 391 g/mol. The Balaban J connectivity index is 2.15. The summed E-state index contributed by atoms with van der Waals surface area (Å²) in [6, 6.07) is 10.4. The summed E-state index contributed by atoms with van der Waals surface area (Å²) < 4.78 is 33.0. The molecule has 8 heteroatoms. The molecule has 0 saturated carbocycles. The number of carbonyl (C=O) groups is 2. The number of anilines is 1. The van der Waals surface area contributed by atoms with Gasteiger partial charge < -0.3 is 9.84 Å². The van der Waals surface area contributed by atoms with Crippen molar-refractivity contribution in [3.63, 3.8) is 0 Å². The lowest BCUT2D eigenvalue weighted by molar-refractivity contribution is -0.136. The molecule has 7 nitrogen and oxygen atoms in total. The highest BCUT2D eigenvalue weighted by Gasteiger charge is 2.17. The third-order valence-corrected chi connectivity index (χ3v) is 5.19. The van der Waals surface area contributed by atoms with Crippen LogP contribution in [0.4, 0.5) is 5.69 Å². The number of sulfonamides is 1. The number of Topliss-reactive ketones (excluding diaryl/α,β-unsaturated/α-hetero) is 1. The molecular weight excluding hydrogens is 370 g/mol. The summed E-state index contributed by atoms with van der Waals surface area (Å²) in [5.74, 6) is -0.753. The van der Waals surface area contributed by atoms with E-state index in [4.69, 9.17) is 9.84 Å². The minimum atomic E-state index is -3.83. The van der Waals surface area contributed by atoms with E-state index in [0.717, 1.165) is 0 Å². The molecule has 0 amide bonds. The van der Waals surface area contributed by atoms with Crippen molar-refractivity contribution in [2.75, 3.05) is 11.3 Å². The molecule has 27 heavy (non-hydrogen) atoms. The minimum absolute atomic E-state index is 0.00516. The molecule has 0 aromatic heterocycles. The van der Waals surface area contributed by atoms with Crippen molar-refractivity contribution in [2.45, 2.75) is 31.6 Å². The van der Waals surface area contributed by atoms with Crippen LogP contribution in [0.3, 0.4) is 0 Å². The predicted octanol–water partition coefficient (Wildman–Crippen LogP) is 3.24. The van der Waals surface area contributed by atoms with Gasteiger partial charge in [0.05, 0.1) is 23.6 Å². The van der Waals surface area contributed by atoms with E-state index >= 15 is 0 Å². The molecule has 144 valence electrons. The highest BCUT2D eigenvalue weighted by molar-refractivity contribution is 7.92. The van der Waals surface area contributed by atoms with Crippen LogP contribution < -0.4 is 9.46 Å². The molecule has 2 aromatic carbocycles. The van der Waals surface area contributed by atoms with Gasteiger partial charge in [0.25, 0.3) is 10.0 Å². The van der Waals surface area contributed by atoms with Gasteiger partial charge in [-0.1, -0.05) is 12.1 Å². The van der Waals surface area contributed by atoms with Gasteiger partial charge in [-0.25, -0.2) is 8.42 Å². The van der Waals surface area contributed by atoms with E-state index in [9.17, 15) is 18.0 Å². The van der Waals surface area contributed by atoms with Crippen LogP contribution >= 0.6 is 0 Å². The van der Waals surface area contributed by atoms with Gasteiger partial charge in [0.15, 0.2) is 5.78 Å². The second-order valence-corrected chi connectivity index (χ2v) is 7.54. The van der Waals surface area contributed by atoms with Crippen molar-refractivity contribution in [1.29, 1.82) is 0 Å². The standard InChI is InChI=1S/C19H21NO6S/c1-3-26-15-6-9-17(13(2)12-15)20-27(24,25)16-7-4-14(5-8-16)18(21)10-11-19(22)23/h4-9,12,20H,3,10-11H2,1-2H3,(H,22,23). The van der Waals surface area contributed by atoms with Crippen LogP contribution in [0.25, 0.3) is 0 Å². The summed E-state index contributed by atoms with van der Waals surface area (Å²) in [4.78, 5) is 22.4. The number of aryl methyl sites for hydroxylation is 1. The molecule has 0 spiro atoms. The van der Waals surface area contributed by atoms with E-state index in [-0.39, 0.29) is 29.1 Å². The molecule has 2 N–H and O–H groups in total. The first-order chi connectivity index (χ1) is 12.7. The van der Waals surface area contributed by atoms with E-state index in [2.05, 4.69) is 4.72 Å². The molecule has 2 rings (SSSR count). The third-order valence-electron chi connectivity index (χ3n) is 3.81. The Labute approximate surface area is 158 Å². The number of hydrogen-bond donors (Lipinski definition) is 2. The number of ether oxygens (including phenoxy) is 1. The van der Waals surface area contributed by atoms with E-state index in [1.807, 2.05) is 6.92 Å². The molecule has 0 saturated heterocycles. The second-order valence-electron chi connectivity index (χ2n) is 5.86. The second kappa shape index (κ2) is 8.68. The average molecular weight is 391 g/mol. The summed E-state index contributed by atoms with van der Waals surface area (Å²) in [6.45, 7) is 4.15. The van der Waals surface area contributed by atoms with Crippen molar-refractivity contribution in [3.05, 3.63) is 53.6 Å². The quantitative estimate of drug-likeness (QED) is 0.635.